The molecule has 0 aromatic heterocycles. The third kappa shape index (κ3) is 3.54. The van der Waals surface area contributed by atoms with E-state index < -0.39 is 0 Å². The minimum atomic E-state index is 0.216. The zero-order valence-corrected chi connectivity index (χ0v) is 12.5. The van der Waals surface area contributed by atoms with Crippen LogP contribution in [0.4, 0.5) is 0 Å². The molecule has 3 rings (SSSR count). The van der Waals surface area contributed by atoms with E-state index in [2.05, 4.69) is 60.1 Å². The number of hydrogen-bond donors (Lipinski definition) is 0. The van der Waals surface area contributed by atoms with E-state index in [4.69, 9.17) is 0 Å². The molecule has 0 spiro atoms. The van der Waals surface area contributed by atoms with Gasteiger partial charge in [-0.2, -0.15) is 0 Å². The van der Waals surface area contributed by atoms with Crippen LogP contribution in [0, 0.1) is 18.8 Å². The Morgan fingerprint density at radius 1 is 0.905 bits per heavy atom. The van der Waals surface area contributed by atoms with Crippen LogP contribution in [0.1, 0.15) is 35.6 Å². The van der Waals surface area contributed by atoms with Gasteiger partial charge in [-0.15, -0.1) is 0 Å². The van der Waals surface area contributed by atoms with Crippen LogP contribution in [-0.4, -0.2) is 18.0 Å². The Kier molecular flexibility index (Phi) is 4.38. The number of likely N-dealkylation sites (tertiary alicyclic amines) is 1. The first kappa shape index (κ1) is 13.9. The van der Waals surface area contributed by atoms with Crippen LogP contribution < -0.4 is 0 Å². The predicted molar refractivity (Wildman–Crippen MR) is 88.0 cm³/mol. The lowest BCUT2D eigenvalue weighted by atomic mass is 10.0. The highest BCUT2D eigenvalue weighted by Gasteiger charge is 2.21. The molecule has 21 heavy (non-hydrogen) atoms. The van der Waals surface area contributed by atoms with Crippen LogP contribution in [0.5, 0.6) is 0 Å². The fraction of sp³-hybridized carbons (Fsp3) is 0.300. The zero-order chi connectivity index (χ0) is 14.5. The molecule has 1 aliphatic rings. The van der Waals surface area contributed by atoms with Crippen molar-refractivity contribution in [1.82, 2.24) is 4.90 Å². The highest BCUT2D eigenvalue weighted by molar-refractivity contribution is 5.38. The molecule has 0 N–H and O–H groups in total. The van der Waals surface area contributed by atoms with E-state index in [9.17, 15) is 0 Å². The van der Waals surface area contributed by atoms with Crippen molar-refractivity contribution in [2.75, 3.05) is 13.1 Å². The van der Waals surface area contributed by atoms with E-state index >= 15 is 0 Å². The molecule has 0 amide bonds. The molecule has 1 heterocycles. The Morgan fingerprint density at radius 3 is 2.24 bits per heavy atom. The first-order chi connectivity index (χ1) is 10.3. The monoisotopic (exact) mass is 275 g/mol. The maximum atomic E-state index is 3.49. The smallest absolute Gasteiger partial charge is 0.0974 e. The van der Waals surface area contributed by atoms with Gasteiger partial charge in [0, 0.05) is 5.56 Å². The number of nitrogens with zero attached hydrogens (tertiary/aromatic N) is 1. The second-order valence-electron chi connectivity index (χ2n) is 5.69. The third-order valence-electron chi connectivity index (χ3n) is 4.03. The third-order valence-corrected chi connectivity index (χ3v) is 4.03. The van der Waals surface area contributed by atoms with Gasteiger partial charge >= 0.3 is 0 Å². The predicted octanol–water partition coefficient (Wildman–Crippen LogP) is 4.18. The number of aryl methyl sites for hydroxylation is 1. The molecule has 1 aliphatic heterocycles. The Bertz CT molecular complexity index is 625. The Morgan fingerprint density at radius 2 is 1.57 bits per heavy atom. The van der Waals surface area contributed by atoms with Gasteiger partial charge in [-0.25, -0.2) is 0 Å². The molecular weight excluding hydrogens is 254 g/mol. The lowest BCUT2D eigenvalue weighted by molar-refractivity contribution is 0.296. The molecule has 1 nitrogen and oxygen atoms in total. The highest BCUT2D eigenvalue weighted by atomic mass is 15.2. The van der Waals surface area contributed by atoms with Crippen LogP contribution in [0.15, 0.2) is 54.6 Å². The molecule has 1 fully saturated rings. The molecule has 0 bridgehead atoms. The minimum Gasteiger partial charge on any atom is -0.286 e. The fourth-order valence-electron chi connectivity index (χ4n) is 2.81. The first-order valence-electron chi connectivity index (χ1n) is 7.70. The molecule has 2 aromatic rings. The van der Waals surface area contributed by atoms with Crippen molar-refractivity contribution in [2.24, 2.45) is 0 Å². The quantitative estimate of drug-likeness (QED) is 0.743. The molecular formula is C20H21N. The van der Waals surface area contributed by atoms with Gasteiger partial charge in [0.2, 0.25) is 0 Å². The van der Waals surface area contributed by atoms with Crippen LogP contribution in [-0.2, 0) is 0 Å². The average molecular weight is 275 g/mol. The summed E-state index contributed by atoms with van der Waals surface area (Å²) < 4.78 is 0. The maximum Gasteiger partial charge on any atom is 0.0974 e. The first-order valence-corrected chi connectivity index (χ1v) is 7.70. The SMILES string of the molecule is Cc1ccc(C(C#Cc2ccccc2)N2CCCC2)cc1. The van der Waals surface area contributed by atoms with Crippen molar-refractivity contribution in [3.63, 3.8) is 0 Å². The normalized spacial score (nSPS) is 16.2. The van der Waals surface area contributed by atoms with Gasteiger partial charge in [0.15, 0.2) is 0 Å². The summed E-state index contributed by atoms with van der Waals surface area (Å²) in [5.41, 5.74) is 3.70. The molecule has 1 unspecified atom stereocenters. The standard InChI is InChI=1S/C20H21N/c1-17-9-12-19(13-10-17)20(21-15-5-6-16-21)14-11-18-7-3-2-4-8-18/h2-4,7-10,12-13,20H,5-6,15-16H2,1H3. The average Bonchev–Trinajstić information content (AvgIpc) is 3.04. The van der Waals surface area contributed by atoms with Crippen LogP contribution >= 0.6 is 0 Å². The number of benzene rings is 2. The Labute approximate surface area is 127 Å². The van der Waals surface area contributed by atoms with Gasteiger partial charge in [-0.3, -0.25) is 4.90 Å². The minimum absolute atomic E-state index is 0.216. The van der Waals surface area contributed by atoms with E-state index in [1.807, 2.05) is 18.2 Å². The van der Waals surface area contributed by atoms with E-state index in [1.54, 1.807) is 0 Å². The second-order valence-corrected chi connectivity index (χ2v) is 5.69. The summed E-state index contributed by atoms with van der Waals surface area (Å²) in [4.78, 5) is 2.50. The second kappa shape index (κ2) is 6.61. The van der Waals surface area contributed by atoms with E-state index in [1.165, 1.54) is 24.0 Å². The molecule has 106 valence electrons. The van der Waals surface area contributed by atoms with Gasteiger partial charge < -0.3 is 0 Å². The van der Waals surface area contributed by atoms with Crippen LogP contribution in [0.3, 0.4) is 0 Å². The lowest BCUT2D eigenvalue weighted by Gasteiger charge is -2.23. The lowest BCUT2D eigenvalue weighted by Crippen LogP contribution is -2.24. The summed E-state index contributed by atoms with van der Waals surface area (Å²) in [7, 11) is 0. The fourth-order valence-corrected chi connectivity index (χ4v) is 2.81. The summed E-state index contributed by atoms with van der Waals surface area (Å²) in [5.74, 6) is 6.83. The van der Waals surface area contributed by atoms with Crippen molar-refractivity contribution in [1.29, 1.82) is 0 Å². The summed E-state index contributed by atoms with van der Waals surface area (Å²) in [6.07, 6.45) is 2.57. The molecule has 1 atom stereocenters. The molecule has 1 heteroatoms. The molecule has 0 saturated carbocycles. The van der Waals surface area contributed by atoms with E-state index in [-0.39, 0.29) is 6.04 Å². The van der Waals surface area contributed by atoms with Crippen molar-refractivity contribution >= 4 is 0 Å². The van der Waals surface area contributed by atoms with Gasteiger partial charge in [0.25, 0.3) is 0 Å². The molecule has 2 aromatic carbocycles. The van der Waals surface area contributed by atoms with Crippen molar-refractivity contribution in [3.05, 3.63) is 71.3 Å². The number of rotatable bonds is 2. The molecule has 0 radical (unpaired) electrons. The van der Waals surface area contributed by atoms with E-state index in [0.29, 0.717) is 0 Å². The van der Waals surface area contributed by atoms with Crippen molar-refractivity contribution in [3.8, 4) is 11.8 Å². The Hall–Kier alpha value is -2.04. The summed E-state index contributed by atoms with van der Waals surface area (Å²) in [6.45, 7) is 4.44. The van der Waals surface area contributed by atoms with Gasteiger partial charge in [-0.05, 0) is 50.6 Å². The number of hydrogen-bond acceptors (Lipinski definition) is 1. The van der Waals surface area contributed by atoms with Crippen LogP contribution in [0.25, 0.3) is 0 Å². The summed E-state index contributed by atoms with van der Waals surface area (Å²) >= 11 is 0. The van der Waals surface area contributed by atoms with Crippen LogP contribution in [0.2, 0.25) is 0 Å². The zero-order valence-electron chi connectivity index (χ0n) is 12.5. The highest BCUT2D eigenvalue weighted by Crippen LogP contribution is 2.24. The van der Waals surface area contributed by atoms with Gasteiger partial charge in [0.1, 0.15) is 0 Å². The topological polar surface area (TPSA) is 3.24 Å². The van der Waals surface area contributed by atoms with Gasteiger partial charge in [-0.1, -0.05) is 59.9 Å². The van der Waals surface area contributed by atoms with E-state index in [0.717, 1.165) is 18.7 Å². The molecule has 0 aliphatic carbocycles. The Balaban J connectivity index is 1.89. The van der Waals surface area contributed by atoms with Crippen molar-refractivity contribution in [2.45, 2.75) is 25.8 Å². The summed E-state index contributed by atoms with van der Waals surface area (Å²) in [6, 6.07) is 19.3. The maximum absolute atomic E-state index is 3.49. The molecule has 1 saturated heterocycles. The van der Waals surface area contributed by atoms with Gasteiger partial charge in [0.05, 0.1) is 6.04 Å². The van der Waals surface area contributed by atoms with Crippen molar-refractivity contribution < 1.29 is 0 Å². The largest absolute Gasteiger partial charge is 0.286 e. The summed E-state index contributed by atoms with van der Waals surface area (Å²) in [5, 5.41) is 0.